The molecular formula is C21H28IN7O. The fourth-order valence-corrected chi connectivity index (χ4v) is 3.59. The summed E-state index contributed by atoms with van der Waals surface area (Å²) in [6, 6.07) is 10.3. The number of rotatable bonds is 4. The zero-order chi connectivity index (χ0) is 20.2. The largest absolute Gasteiger partial charge is 0.370 e. The molecule has 0 radical (unpaired) electrons. The molecule has 4 rings (SSSR count). The van der Waals surface area contributed by atoms with Crippen LogP contribution in [-0.4, -0.2) is 57.2 Å². The quantitative estimate of drug-likeness (QED) is 0.325. The van der Waals surface area contributed by atoms with Gasteiger partial charge in [-0.25, -0.2) is 4.68 Å². The van der Waals surface area contributed by atoms with Crippen LogP contribution in [0.1, 0.15) is 22.9 Å². The number of nitrogens with one attached hydrogen (secondary N) is 1. The van der Waals surface area contributed by atoms with Crippen molar-refractivity contribution in [1.29, 1.82) is 0 Å². The highest BCUT2D eigenvalue weighted by Gasteiger charge is 2.25. The normalized spacial score (nSPS) is 17.0. The molecule has 1 aliphatic rings. The average Bonchev–Trinajstić information content (AvgIpc) is 3.37. The highest BCUT2D eigenvalue weighted by Crippen LogP contribution is 2.22. The summed E-state index contributed by atoms with van der Waals surface area (Å²) in [5, 5.41) is 12.3. The van der Waals surface area contributed by atoms with Crippen molar-refractivity contribution < 1.29 is 4.74 Å². The molecule has 160 valence electrons. The van der Waals surface area contributed by atoms with Gasteiger partial charge in [0, 0.05) is 45.1 Å². The average molecular weight is 521 g/mol. The summed E-state index contributed by atoms with van der Waals surface area (Å²) < 4.78 is 9.68. The van der Waals surface area contributed by atoms with Gasteiger partial charge in [-0.1, -0.05) is 18.2 Å². The Labute approximate surface area is 194 Å². The minimum atomic E-state index is -0.00432. The number of benzene rings is 1. The van der Waals surface area contributed by atoms with Gasteiger partial charge >= 0.3 is 0 Å². The van der Waals surface area contributed by atoms with Crippen molar-refractivity contribution in [1.82, 2.24) is 29.8 Å². The number of para-hydroxylation sites is 1. The first-order valence-electron chi connectivity index (χ1n) is 9.80. The molecular weight excluding hydrogens is 493 g/mol. The van der Waals surface area contributed by atoms with E-state index in [1.807, 2.05) is 62.5 Å². The van der Waals surface area contributed by atoms with Crippen molar-refractivity contribution in [3.8, 4) is 5.69 Å². The number of nitrogens with zero attached hydrogens (tertiary/aromatic N) is 6. The minimum Gasteiger partial charge on any atom is -0.370 e. The van der Waals surface area contributed by atoms with Crippen molar-refractivity contribution in [3.63, 3.8) is 0 Å². The van der Waals surface area contributed by atoms with Crippen LogP contribution >= 0.6 is 24.0 Å². The molecule has 8 nitrogen and oxygen atoms in total. The van der Waals surface area contributed by atoms with Crippen LogP contribution in [0.2, 0.25) is 0 Å². The molecule has 0 bridgehead atoms. The number of hydrogen-bond donors (Lipinski definition) is 1. The van der Waals surface area contributed by atoms with Crippen LogP contribution in [0.25, 0.3) is 5.69 Å². The smallest absolute Gasteiger partial charge is 0.194 e. The molecule has 9 heteroatoms. The van der Waals surface area contributed by atoms with Gasteiger partial charge in [0.2, 0.25) is 0 Å². The molecule has 1 saturated heterocycles. The first kappa shape index (κ1) is 22.3. The number of guanidine groups is 1. The van der Waals surface area contributed by atoms with Crippen LogP contribution in [-0.2, 0) is 18.3 Å². The Morgan fingerprint density at radius 2 is 2.13 bits per heavy atom. The Balaban J connectivity index is 0.00000256. The van der Waals surface area contributed by atoms with E-state index in [1.165, 1.54) is 0 Å². The van der Waals surface area contributed by atoms with Gasteiger partial charge in [0.15, 0.2) is 5.96 Å². The third-order valence-corrected chi connectivity index (χ3v) is 5.07. The number of aromatic nitrogens is 4. The van der Waals surface area contributed by atoms with Crippen LogP contribution in [0.3, 0.4) is 0 Å². The number of aliphatic imine (C=N–C) groups is 1. The summed E-state index contributed by atoms with van der Waals surface area (Å²) in [5.74, 6) is 0.869. The fourth-order valence-electron chi connectivity index (χ4n) is 3.59. The summed E-state index contributed by atoms with van der Waals surface area (Å²) >= 11 is 0. The Kier molecular flexibility index (Phi) is 7.48. The maximum atomic E-state index is 5.95. The topological polar surface area (TPSA) is 72.5 Å². The molecule has 1 aromatic carbocycles. The summed E-state index contributed by atoms with van der Waals surface area (Å²) in [5.41, 5.74) is 4.32. The second-order valence-corrected chi connectivity index (χ2v) is 7.18. The number of ether oxygens (including phenoxy) is 1. The summed E-state index contributed by atoms with van der Waals surface area (Å²) in [4.78, 5) is 6.74. The monoisotopic (exact) mass is 521 g/mol. The maximum Gasteiger partial charge on any atom is 0.194 e. The molecule has 3 aromatic rings. The molecule has 0 amide bonds. The molecule has 1 atom stereocenters. The van der Waals surface area contributed by atoms with Crippen molar-refractivity contribution >= 4 is 29.9 Å². The van der Waals surface area contributed by atoms with Gasteiger partial charge in [0.25, 0.3) is 0 Å². The second-order valence-electron chi connectivity index (χ2n) is 7.18. The van der Waals surface area contributed by atoms with Gasteiger partial charge in [0.05, 0.1) is 30.7 Å². The Bertz CT molecular complexity index is 997. The van der Waals surface area contributed by atoms with E-state index >= 15 is 0 Å². The van der Waals surface area contributed by atoms with Crippen molar-refractivity contribution in [2.45, 2.75) is 19.6 Å². The van der Waals surface area contributed by atoms with Gasteiger partial charge < -0.3 is 15.0 Å². The van der Waals surface area contributed by atoms with Crippen molar-refractivity contribution in [2.24, 2.45) is 12.0 Å². The van der Waals surface area contributed by atoms with Crippen LogP contribution in [0.5, 0.6) is 0 Å². The minimum absolute atomic E-state index is 0. The Morgan fingerprint density at radius 1 is 1.30 bits per heavy atom. The molecule has 1 aliphatic heterocycles. The van der Waals surface area contributed by atoms with E-state index in [-0.39, 0.29) is 30.1 Å². The van der Waals surface area contributed by atoms with E-state index in [4.69, 9.17) is 4.74 Å². The molecule has 0 aliphatic carbocycles. The maximum absolute atomic E-state index is 5.95. The van der Waals surface area contributed by atoms with E-state index in [2.05, 4.69) is 37.5 Å². The Hall–Kier alpha value is -2.40. The van der Waals surface area contributed by atoms with Gasteiger partial charge in [-0.05, 0) is 24.6 Å². The molecule has 1 N–H and O–H groups in total. The van der Waals surface area contributed by atoms with Crippen LogP contribution in [0.15, 0.2) is 53.9 Å². The molecule has 0 saturated carbocycles. The van der Waals surface area contributed by atoms with Crippen LogP contribution in [0, 0.1) is 6.92 Å². The van der Waals surface area contributed by atoms with E-state index < -0.39 is 0 Å². The highest BCUT2D eigenvalue weighted by molar-refractivity contribution is 14.0. The van der Waals surface area contributed by atoms with Crippen molar-refractivity contribution in [3.05, 3.63) is 65.7 Å². The number of hydrogen-bond acceptors (Lipinski definition) is 4. The zero-order valence-corrected chi connectivity index (χ0v) is 19.9. The summed E-state index contributed by atoms with van der Waals surface area (Å²) in [6.07, 6.45) is 5.86. The van der Waals surface area contributed by atoms with Crippen LogP contribution in [0.4, 0.5) is 0 Å². The number of aryl methyl sites for hydroxylation is 2. The van der Waals surface area contributed by atoms with Gasteiger partial charge in [-0.2, -0.15) is 10.2 Å². The molecule has 3 heterocycles. The second kappa shape index (κ2) is 10.1. The molecule has 1 unspecified atom stereocenters. The number of morpholine rings is 1. The zero-order valence-electron chi connectivity index (χ0n) is 17.5. The SMILES string of the molecule is CN=C(NCc1ccccc1-n1ccc(C)n1)N1CCOC(c2cnn(C)c2)C1.I. The molecule has 2 aromatic heterocycles. The lowest BCUT2D eigenvalue weighted by atomic mass is 10.1. The lowest BCUT2D eigenvalue weighted by molar-refractivity contribution is -0.00805. The third-order valence-electron chi connectivity index (χ3n) is 5.07. The third kappa shape index (κ3) is 5.01. The first-order valence-corrected chi connectivity index (χ1v) is 9.80. The van der Waals surface area contributed by atoms with Gasteiger partial charge in [-0.3, -0.25) is 9.67 Å². The van der Waals surface area contributed by atoms with Crippen molar-refractivity contribution in [2.75, 3.05) is 26.7 Å². The first-order chi connectivity index (χ1) is 14.1. The van der Waals surface area contributed by atoms with E-state index in [0.717, 1.165) is 41.6 Å². The predicted octanol–water partition coefficient (Wildman–Crippen LogP) is 2.68. The van der Waals surface area contributed by atoms with E-state index in [1.54, 1.807) is 4.68 Å². The molecule has 30 heavy (non-hydrogen) atoms. The molecule has 1 fully saturated rings. The lowest BCUT2D eigenvalue weighted by Gasteiger charge is -2.34. The lowest BCUT2D eigenvalue weighted by Crippen LogP contribution is -2.48. The summed E-state index contributed by atoms with van der Waals surface area (Å²) in [6.45, 7) is 4.86. The fraction of sp³-hybridized carbons (Fsp3) is 0.381. The van der Waals surface area contributed by atoms with E-state index in [9.17, 15) is 0 Å². The number of halogens is 1. The standard InChI is InChI=1S/C21H27N7O.HI/c1-16-8-9-28(25-16)19-7-5-4-6-17(19)12-23-21(22-2)27-10-11-29-20(15-27)18-13-24-26(3)14-18;/h4-9,13-14,20H,10-12,15H2,1-3H3,(H,22,23);1H. The van der Waals surface area contributed by atoms with Crippen LogP contribution < -0.4 is 5.32 Å². The van der Waals surface area contributed by atoms with Gasteiger partial charge in [-0.15, -0.1) is 24.0 Å². The molecule has 0 spiro atoms. The highest BCUT2D eigenvalue weighted by atomic mass is 127. The van der Waals surface area contributed by atoms with Gasteiger partial charge in [0.1, 0.15) is 6.10 Å². The predicted molar refractivity (Wildman–Crippen MR) is 127 cm³/mol. The Morgan fingerprint density at radius 3 is 2.83 bits per heavy atom. The van der Waals surface area contributed by atoms with E-state index in [0.29, 0.717) is 13.2 Å². The summed E-state index contributed by atoms with van der Waals surface area (Å²) in [7, 11) is 3.74.